The van der Waals surface area contributed by atoms with Gasteiger partial charge >= 0.3 is 5.97 Å². The Morgan fingerprint density at radius 3 is 1.22 bits per heavy atom. The first-order valence-corrected chi connectivity index (χ1v) is 33.9. The molecule has 3 atom stereocenters. The van der Waals surface area contributed by atoms with Crippen LogP contribution in [-0.4, -0.2) is 69.4 Å². The summed E-state index contributed by atoms with van der Waals surface area (Å²) in [6.07, 6.45) is 69.4. The van der Waals surface area contributed by atoms with Crippen molar-refractivity contribution in [1.82, 2.24) is 5.32 Å². The molecule has 0 heterocycles. The van der Waals surface area contributed by atoms with E-state index in [1.807, 2.05) is 33.3 Å². The summed E-state index contributed by atoms with van der Waals surface area (Å²) in [6.45, 7) is 6.83. The molecule has 1 N–H and O–H groups in total. The number of carbonyl (C=O) groups excluding carboxylic acids is 2. The molecule has 0 aromatic rings. The fraction of sp³-hybridized carbons (Fsp3) is 0.848. The number of phosphoric acid groups is 1. The van der Waals surface area contributed by atoms with Crippen LogP contribution in [0.1, 0.15) is 310 Å². The first kappa shape index (κ1) is 74.0. The van der Waals surface area contributed by atoms with E-state index in [4.69, 9.17) is 13.8 Å². The Labute approximate surface area is 471 Å². The average molecular weight is 1090 g/mol. The third-order valence-corrected chi connectivity index (χ3v) is 15.5. The number of phosphoric ester groups is 1. The number of hydrogen-bond donors (Lipinski definition) is 1. The van der Waals surface area contributed by atoms with Crippen molar-refractivity contribution in [3.8, 4) is 0 Å². The van der Waals surface area contributed by atoms with Crippen molar-refractivity contribution < 1.29 is 37.3 Å². The highest BCUT2D eigenvalue weighted by atomic mass is 31.2. The third kappa shape index (κ3) is 56.7. The summed E-state index contributed by atoms with van der Waals surface area (Å²) in [4.78, 5) is 40.0. The van der Waals surface area contributed by atoms with Gasteiger partial charge in [-0.15, -0.1) is 0 Å². The summed E-state index contributed by atoms with van der Waals surface area (Å²) >= 11 is 0. The molecule has 1 amide bonds. The minimum Gasteiger partial charge on any atom is -0.756 e. The molecule has 0 aromatic carbocycles. The molecule has 0 saturated carbocycles. The normalized spacial score (nSPS) is 13.9. The average Bonchev–Trinajstić information content (AvgIpc) is 3.38. The Bertz CT molecular complexity index is 1440. The molecule has 10 heteroatoms. The van der Waals surface area contributed by atoms with Crippen LogP contribution in [0.5, 0.6) is 0 Å². The molecule has 0 fully saturated rings. The van der Waals surface area contributed by atoms with Crippen molar-refractivity contribution >= 4 is 19.7 Å². The summed E-state index contributed by atoms with van der Waals surface area (Å²) in [7, 11) is 1.18. The Morgan fingerprint density at radius 2 is 0.803 bits per heavy atom. The van der Waals surface area contributed by atoms with Gasteiger partial charge in [0, 0.05) is 12.8 Å². The quantitative estimate of drug-likeness (QED) is 0.0161. The lowest BCUT2D eigenvalue weighted by molar-refractivity contribution is -0.870. The zero-order chi connectivity index (χ0) is 55.7. The van der Waals surface area contributed by atoms with Gasteiger partial charge in [-0.05, 0) is 83.1 Å². The summed E-state index contributed by atoms with van der Waals surface area (Å²) in [5.41, 5.74) is 0. The van der Waals surface area contributed by atoms with Gasteiger partial charge in [-0.25, -0.2) is 0 Å². The zero-order valence-corrected chi connectivity index (χ0v) is 51.9. The van der Waals surface area contributed by atoms with E-state index in [-0.39, 0.29) is 24.9 Å². The van der Waals surface area contributed by atoms with Gasteiger partial charge in [0.05, 0.1) is 33.8 Å². The van der Waals surface area contributed by atoms with E-state index < -0.39 is 26.6 Å². The van der Waals surface area contributed by atoms with Crippen molar-refractivity contribution in [1.29, 1.82) is 0 Å². The minimum atomic E-state index is -4.70. The van der Waals surface area contributed by atoms with Crippen LogP contribution < -0.4 is 10.2 Å². The molecular formula is C66H125N2O7P. The second-order valence-corrected chi connectivity index (χ2v) is 24.7. The van der Waals surface area contributed by atoms with Crippen molar-refractivity contribution in [3.05, 3.63) is 48.6 Å². The maximum Gasteiger partial charge on any atom is 0.306 e. The lowest BCUT2D eigenvalue weighted by Crippen LogP contribution is -2.47. The van der Waals surface area contributed by atoms with E-state index in [1.165, 1.54) is 199 Å². The Hall–Kier alpha value is -2.03. The van der Waals surface area contributed by atoms with Crippen LogP contribution >= 0.6 is 7.82 Å². The number of unbranched alkanes of at least 4 members (excludes halogenated alkanes) is 38. The molecule has 446 valence electrons. The molecule has 76 heavy (non-hydrogen) atoms. The molecule has 0 spiro atoms. The van der Waals surface area contributed by atoms with Crippen LogP contribution in [0.3, 0.4) is 0 Å². The van der Waals surface area contributed by atoms with Crippen molar-refractivity contribution in [2.24, 2.45) is 0 Å². The smallest absolute Gasteiger partial charge is 0.306 e. The Kier molecular flexibility index (Phi) is 54.7. The fourth-order valence-corrected chi connectivity index (χ4v) is 10.2. The molecule has 0 radical (unpaired) electrons. The molecule has 0 aliphatic rings. The van der Waals surface area contributed by atoms with E-state index in [1.54, 1.807) is 0 Å². The van der Waals surface area contributed by atoms with Gasteiger partial charge in [-0.3, -0.25) is 14.2 Å². The molecule has 0 aromatic heterocycles. The summed E-state index contributed by atoms with van der Waals surface area (Å²) < 4.78 is 30.3. The topological polar surface area (TPSA) is 114 Å². The van der Waals surface area contributed by atoms with Crippen molar-refractivity contribution in [2.75, 3.05) is 40.9 Å². The summed E-state index contributed by atoms with van der Waals surface area (Å²) in [5.74, 6) is -0.545. The molecule has 0 aliphatic carbocycles. The van der Waals surface area contributed by atoms with Crippen LogP contribution in [0.4, 0.5) is 0 Å². The van der Waals surface area contributed by atoms with E-state index in [2.05, 4.69) is 62.5 Å². The number of hydrogen-bond acceptors (Lipinski definition) is 7. The number of ether oxygens (including phenoxy) is 1. The summed E-state index contributed by atoms with van der Waals surface area (Å²) in [5, 5.41) is 3.03. The molecule has 3 unspecified atom stereocenters. The number of nitrogens with one attached hydrogen (secondary N) is 1. The Balaban J connectivity index is 5.14. The Morgan fingerprint density at radius 1 is 0.461 bits per heavy atom. The van der Waals surface area contributed by atoms with Crippen LogP contribution in [0.2, 0.25) is 0 Å². The third-order valence-electron chi connectivity index (χ3n) is 14.5. The van der Waals surface area contributed by atoms with Crippen LogP contribution in [0.25, 0.3) is 0 Å². The molecule has 9 nitrogen and oxygen atoms in total. The van der Waals surface area contributed by atoms with Gasteiger partial charge in [0.25, 0.3) is 7.82 Å². The van der Waals surface area contributed by atoms with E-state index in [0.717, 1.165) is 77.0 Å². The second kappa shape index (κ2) is 56.3. The number of carbonyl (C=O) groups is 2. The van der Waals surface area contributed by atoms with Crippen LogP contribution in [-0.2, 0) is 27.9 Å². The first-order valence-electron chi connectivity index (χ1n) is 32.5. The highest BCUT2D eigenvalue weighted by Crippen LogP contribution is 2.38. The summed E-state index contributed by atoms with van der Waals surface area (Å²) in [6, 6.07) is -0.892. The molecular weight excluding hydrogens is 964 g/mol. The number of nitrogens with zero attached hydrogens (tertiary/aromatic N) is 1. The predicted octanol–water partition coefficient (Wildman–Crippen LogP) is 19.4. The fourth-order valence-electron chi connectivity index (χ4n) is 9.45. The zero-order valence-electron chi connectivity index (χ0n) is 51.0. The number of allylic oxidation sites excluding steroid dienone is 7. The maximum absolute atomic E-state index is 13.5. The lowest BCUT2D eigenvalue weighted by Gasteiger charge is -2.30. The van der Waals surface area contributed by atoms with E-state index >= 15 is 0 Å². The van der Waals surface area contributed by atoms with Gasteiger partial charge in [-0.1, -0.05) is 262 Å². The first-order chi connectivity index (χ1) is 36.9. The van der Waals surface area contributed by atoms with Gasteiger partial charge in [-0.2, -0.15) is 0 Å². The second-order valence-electron chi connectivity index (χ2n) is 23.3. The van der Waals surface area contributed by atoms with Gasteiger partial charge in [0.2, 0.25) is 5.91 Å². The highest BCUT2D eigenvalue weighted by Gasteiger charge is 2.27. The van der Waals surface area contributed by atoms with E-state index in [0.29, 0.717) is 17.4 Å². The van der Waals surface area contributed by atoms with Gasteiger partial charge in [0.15, 0.2) is 0 Å². The molecule has 0 aliphatic heterocycles. The minimum absolute atomic E-state index is 0.0236. The number of quaternary nitrogens is 1. The number of rotatable bonds is 59. The van der Waals surface area contributed by atoms with Crippen LogP contribution in [0.15, 0.2) is 48.6 Å². The number of amides is 1. The maximum atomic E-state index is 13.5. The SMILES string of the molecule is CCCCC/C=C/C=C/CCCCCCCCC(=O)OC(/C=C\CCCCCCCCCCCC)C(COP(=O)([O-])OCC[N+](C)(C)C)NC(=O)CCCCCCCCCCCCCCC/C=C/CCCCCCCC. The predicted molar refractivity (Wildman–Crippen MR) is 326 cm³/mol. The lowest BCUT2D eigenvalue weighted by atomic mass is 10.0. The monoisotopic (exact) mass is 1090 g/mol. The molecule has 0 saturated heterocycles. The van der Waals surface area contributed by atoms with Crippen molar-refractivity contribution in [2.45, 2.75) is 322 Å². The van der Waals surface area contributed by atoms with Gasteiger partial charge < -0.3 is 28.5 Å². The van der Waals surface area contributed by atoms with E-state index in [9.17, 15) is 19.0 Å². The van der Waals surface area contributed by atoms with Crippen molar-refractivity contribution in [3.63, 3.8) is 0 Å². The highest BCUT2D eigenvalue weighted by molar-refractivity contribution is 7.45. The largest absolute Gasteiger partial charge is 0.756 e. The standard InChI is InChI=1S/C66H125N2O7P/c1-7-10-13-16-19-22-25-28-30-31-32-33-34-35-36-37-39-40-43-46-49-52-55-58-65(69)67-63(62-74-76(71,72)73-61-60-68(4,5)6)64(57-54-51-48-45-42-27-24-21-18-15-12-9-3)75-66(70)59-56-53-50-47-44-41-38-29-26-23-20-17-14-11-8-2/h20,23,26,28-30,54,57,63-64H,7-19,21-22,24-25,27,31-53,55-56,58-62H2,1-6H3,(H-,67,69,71,72)/b23-20+,29-26+,30-28+,57-54-. The molecule has 0 rings (SSSR count). The number of likely N-dealkylation sites (N-methyl/N-ethyl adjacent to an activating group) is 1. The number of esters is 1. The molecule has 0 bridgehead atoms. The van der Waals surface area contributed by atoms with Crippen LogP contribution in [0, 0.1) is 0 Å². The van der Waals surface area contributed by atoms with Gasteiger partial charge in [0.1, 0.15) is 19.3 Å².